The summed E-state index contributed by atoms with van der Waals surface area (Å²) in [7, 11) is 1.72. The quantitative estimate of drug-likeness (QED) is 0.629. The average Bonchev–Trinajstić information content (AvgIpc) is 2.15. The normalized spacial score (nSPS) is 29.1. The highest BCUT2D eigenvalue weighted by Crippen LogP contribution is 2.17. The van der Waals surface area contributed by atoms with E-state index in [1.165, 1.54) is 12.8 Å². The van der Waals surface area contributed by atoms with Crippen molar-refractivity contribution < 1.29 is 9.84 Å². The number of hydrogen-bond donors (Lipinski definition) is 2. The minimum atomic E-state index is -0.128. The SMILES string of the molecule is COCCCN[C@H]1CCCC[C@@H]1O. The molecule has 0 bridgehead atoms. The van der Waals surface area contributed by atoms with Crippen LogP contribution < -0.4 is 5.32 Å². The van der Waals surface area contributed by atoms with E-state index in [1.807, 2.05) is 0 Å². The summed E-state index contributed by atoms with van der Waals surface area (Å²) in [6.45, 7) is 1.76. The second kappa shape index (κ2) is 6.35. The van der Waals surface area contributed by atoms with Crippen molar-refractivity contribution in [3.63, 3.8) is 0 Å². The minimum Gasteiger partial charge on any atom is -0.392 e. The van der Waals surface area contributed by atoms with Crippen LogP contribution in [0.25, 0.3) is 0 Å². The van der Waals surface area contributed by atoms with Crippen molar-refractivity contribution in [1.29, 1.82) is 0 Å². The molecule has 1 aliphatic rings. The average molecular weight is 187 g/mol. The number of methoxy groups -OCH3 is 1. The van der Waals surface area contributed by atoms with E-state index in [0.29, 0.717) is 6.04 Å². The van der Waals surface area contributed by atoms with Gasteiger partial charge in [-0.25, -0.2) is 0 Å². The molecule has 3 nitrogen and oxygen atoms in total. The molecule has 0 amide bonds. The smallest absolute Gasteiger partial charge is 0.0693 e. The molecule has 0 aromatic carbocycles. The van der Waals surface area contributed by atoms with Crippen molar-refractivity contribution in [2.24, 2.45) is 0 Å². The van der Waals surface area contributed by atoms with Gasteiger partial charge in [-0.3, -0.25) is 0 Å². The van der Waals surface area contributed by atoms with Crippen LogP contribution in [0.5, 0.6) is 0 Å². The number of hydrogen-bond acceptors (Lipinski definition) is 3. The van der Waals surface area contributed by atoms with E-state index in [0.717, 1.165) is 32.4 Å². The Bertz CT molecular complexity index is 130. The van der Waals surface area contributed by atoms with Crippen molar-refractivity contribution >= 4 is 0 Å². The van der Waals surface area contributed by atoms with Crippen LogP contribution in [0, 0.1) is 0 Å². The standard InChI is InChI=1S/C10H21NO2/c1-13-8-4-7-11-9-5-2-3-6-10(9)12/h9-12H,2-8H2,1H3/t9-,10-/m0/s1. The van der Waals surface area contributed by atoms with Gasteiger partial charge in [0.05, 0.1) is 6.10 Å². The Morgan fingerprint density at radius 1 is 1.38 bits per heavy atom. The van der Waals surface area contributed by atoms with Gasteiger partial charge in [-0.15, -0.1) is 0 Å². The fourth-order valence-corrected chi connectivity index (χ4v) is 1.85. The van der Waals surface area contributed by atoms with Gasteiger partial charge in [0, 0.05) is 19.8 Å². The van der Waals surface area contributed by atoms with E-state index in [9.17, 15) is 5.11 Å². The first-order valence-corrected chi connectivity index (χ1v) is 5.25. The molecule has 1 rings (SSSR count). The van der Waals surface area contributed by atoms with Gasteiger partial charge in [0.25, 0.3) is 0 Å². The Hall–Kier alpha value is -0.120. The van der Waals surface area contributed by atoms with Gasteiger partial charge in [-0.05, 0) is 25.8 Å². The first-order valence-electron chi connectivity index (χ1n) is 5.25. The highest BCUT2D eigenvalue weighted by Gasteiger charge is 2.21. The summed E-state index contributed by atoms with van der Waals surface area (Å²) in [5, 5.41) is 13.0. The van der Waals surface area contributed by atoms with Crippen LogP contribution in [0.15, 0.2) is 0 Å². The Morgan fingerprint density at radius 3 is 2.85 bits per heavy atom. The third kappa shape index (κ3) is 4.07. The molecule has 0 radical (unpaired) electrons. The molecule has 0 aliphatic heterocycles. The molecule has 1 aliphatic carbocycles. The second-order valence-corrected chi connectivity index (χ2v) is 3.76. The van der Waals surface area contributed by atoms with Crippen molar-refractivity contribution in [3.05, 3.63) is 0 Å². The lowest BCUT2D eigenvalue weighted by molar-refractivity contribution is 0.0893. The van der Waals surface area contributed by atoms with Crippen LogP contribution in [-0.4, -0.2) is 37.5 Å². The van der Waals surface area contributed by atoms with Crippen LogP contribution in [-0.2, 0) is 4.74 Å². The lowest BCUT2D eigenvalue weighted by Gasteiger charge is -2.28. The topological polar surface area (TPSA) is 41.5 Å². The molecule has 0 aromatic heterocycles. The molecule has 78 valence electrons. The first kappa shape index (κ1) is 11.0. The van der Waals surface area contributed by atoms with Crippen LogP contribution in [0.4, 0.5) is 0 Å². The summed E-state index contributed by atoms with van der Waals surface area (Å²) < 4.78 is 4.96. The molecule has 13 heavy (non-hydrogen) atoms. The van der Waals surface area contributed by atoms with Crippen molar-refractivity contribution in [2.75, 3.05) is 20.3 Å². The highest BCUT2D eigenvalue weighted by atomic mass is 16.5. The van der Waals surface area contributed by atoms with E-state index in [-0.39, 0.29) is 6.10 Å². The summed E-state index contributed by atoms with van der Waals surface area (Å²) in [6, 6.07) is 0.325. The second-order valence-electron chi connectivity index (χ2n) is 3.76. The Morgan fingerprint density at radius 2 is 2.15 bits per heavy atom. The van der Waals surface area contributed by atoms with E-state index in [4.69, 9.17) is 4.74 Å². The number of nitrogens with one attached hydrogen (secondary N) is 1. The molecule has 2 atom stereocenters. The van der Waals surface area contributed by atoms with E-state index in [2.05, 4.69) is 5.32 Å². The maximum atomic E-state index is 9.63. The molecular formula is C10H21NO2. The maximum Gasteiger partial charge on any atom is 0.0693 e. The number of ether oxygens (including phenoxy) is 1. The lowest BCUT2D eigenvalue weighted by Crippen LogP contribution is -2.42. The zero-order valence-corrected chi connectivity index (χ0v) is 8.46. The molecule has 0 heterocycles. The van der Waals surface area contributed by atoms with Crippen LogP contribution in [0.3, 0.4) is 0 Å². The molecular weight excluding hydrogens is 166 g/mol. The molecule has 0 unspecified atom stereocenters. The van der Waals surface area contributed by atoms with Gasteiger partial charge in [0.15, 0.2) is 0 Å². The van der Waals surface area contributed by atoms with Crippen LogP contribution in [0.2, 0.25) is 0 Å². The summed E-state index contributed by atoms with van der Waals surface area (Å²) in [6.07, 6.45) is 5.41. The maximum absolute atomic E-state index is 9.63. The number of aliphatic hydroxyl groups is 1. The molecule has 1 saturated carbocycles. The van der Waals surface area contributed by atoms with Crippen LogP contribution >= 0.6 is 0 Å². The Balaban J connectivity index is 2.05. The van der Waals surface area contributed by atoms with Crippen molar-refractivity contribution in [3.8, 4) is 0 Å². The molecule has 2 N–H and O–H groups in total. The molecule has 0 spiro atoms. The predicted octanol–water partition coefficient (Wildman–Crippen LogP) is 0.916. The summed E-state index contributed by atoms with van der Waals surface area (Å²) in [4.78, 5) is 0. The molecule has 0 aromatic rings. The monoisotopic (exact) mass is 187 g/mol. The van der Waals surface area contributed by atoms with Gasteiger partial charge in [0.2, 0.25) is 0 Å². The van der Waals surface area contributed by atoms with E-state index in [1.54, 1.807) is 7.11 Å². The lowest BCUT2D eigenvalue weighted by atomic mass is 9.92. The van der Waals surface area contributed by atoms with Gasteiger partial charge in [0.1, 0.15) is 0 Å². The zero-order valence-electron chi connectivity index (χ0n) is 8.46. The number of aliphatic hydroxyl groups excluding tert-OH is 1. The zero-order chi connectivity index (χ0) is 9.52. The fraction of sp³-hybridized carbons (Fsp3) is 1.00. The largest absolute Gasteiger partial charge is 0.392 e. The predicted molar refractivity (Wildman–Crippen MR) is 52.8 cm³/mol. The summed E-state index contributed by atoms with van der Waals surface area (Å²) in [5.41, 5.74) is 0. The Labute approximate surface area is 80.5 Å². The third-order valence-electron chi connectivity index (χ3n) is 2.66. The van der Waals surface area contributed by atoms with E-state index >= 15 is 0 Å². The van der Waals surface area contributed by atoms with Gasteiger partial charge in [-0.1, -0.05) is 12.8 Å². The first-order chi connectivity index (χ1) is 6.34. The molecule has 3 heteroatoms. The summed E-state index contributed by atoms with van der Waals surface area (Å²) in [5.74, 6) is 0. The van der Waals surface area contributed by atoms with Gasteiger partial charge < -0.3 is 15.2 Å². The van der Waals surface area contributed by atoms with Gasteiger partial charge in [-0.2, -0.15) is 0 Å². The van der Waals surface area contributed by atoms with E-state index < -0.39 is 0 Å². The fourth-order valence-electron chi connectivity index (χ4n) is 1.85. The molecule has 1 fully saturated rings. The highest BCUT2D eigenvalue weighted by molar-refractivity contribution is 4.79. The van der Waals surface area contributed by atoms with Gasteiger partial charge >= 0.3 is 0 Å². The summed E-state index contributed by atoms with van der Waals surface area (Å²) >= 11 is 0. The van der Waals surface area contributed by atoms with Crippen molar-refractivity contribution in [2.45, 2.75) is 44.2 Å². The molecule has 0 saturated heterocycles. The third-order valence-corrected chi connectivity index (χ3v) is 2.66. The van der Waals surface area contributed by atoms with Crippen LogP contribution in [0.1, 0.15) is 32.1 Å². The Kier molecular flexibility index (Phi) is 5.35. The number of rotatable bonds is 5. The minimum absolute atomic E-state index is 0.128. The van der Waals surface area contributed by atoms with Crippen molar-refractivity contribution in [1.82, 2.24) is 5.32 Å².